The molecule has 0 saturated carbocycles. The summed E-state index contributed by atoms with van der Waals surface area (Å²) in [6.07, 6.45) is 6.04. The molecule has 0 amide bonds. The van der Waals surface area contributed by atoms with E-state index in [1.54, 1.807) is 0 Å². The van der Waals surface area contributed by atoms with Crippen LogP contribution in [0.2, 0.25) is 0 Å². The highest BCUT2D eigenvalue weighted by Gasteiger charge is 2.17. The standard InChI is InChI=1S/C20H40N4O2.HI/c1-3-21-20(22-10-5-14-25-16-19-9-15-26-17-19)23-11-6-18-7-12-24(4-2)13-8-18;/h18-19H,3-17H2,1-2H3,(H2,21,22,23);1H. The fraction of sp³-hybridized carbons (Fsp3) is 0.950. The average Bonchev–Trinajstić information content (AvgIpc) is 3.18. The minimum Gasteiger partial charge on any atom is -0.381 e. The van der Waals surface area contributed by atoms with Gasteiger partial charge in [0.1, 0.15) is 0 Å². The van der Waals surface area contributed by atoms with Crippen molar-refractivity contribution in [1.29, 1.82) is 0 Å². The number of rotatable bonds is 11. The lowest BCUT2D eigenvalue weighted by atomic mass is 9.93. The molecule has 1 unspecified atom stereocenters. The third-order valence-corrected chi connectivity index (χ3v) is 5.44. The van der Waals surface area contributed by atoms with Gasteiger partial charge in [0.2, 0.25) is 0 Å². The lowest BCUT2D eigenvalue weighted by Gasteiger charge is -2.31. The maximum absolute atomic E-state index is 5.74. The Kier molecular flexibility index (Phi) is 14.5. The predicted octanol–water partition coefficient (Wildman–Crippen LogP) is 2.72. The van der Waals surface area contributed by atoms with E-state index in [1.807, 2.05) is 0 Å². The largest absolute Gasteiger partial charge is 0.381 e. The van der Waals surface area contributed by atoms with Gasteiger partial charge in [0.15, 0.2) is 5.96 Å². The van der Waals surface area contributed by atoms with Gasteiger partial charge < -0.3 is 25.0 Å². The van der Waals surface area contributed by atoms with Crippen LogP contribution >= 0.6 is 24.0 Å². The van der Waals surface area contributed by atoms with Crippen LogP contribution in [0.15, 0.2) is 4.99 Å². The molecule has 0 bridgehead atoms. The summed E-state index contributed by atoms with van der Waals surface area (Å²) >= 11 is 0. The second-order valence-corrected chi connectivity index (χ2v) is 7.51. The fourth-order valence-electron chi connectivity index (χ4n) is 3.65. The Morgan fingerprint density at radius 1 is 1.15 bits per heavy atom. The van der Waals surface area contributed by atoms with Gasteiger partial charge in [-0.2, -0.15) is 0 Å². The molecule has 2 heterocycles. The minimum absolute atomic E-state index is 0. The van der Waals surface area contributed by atoms with Crippen molar-refractivity contribution in [2.45, 2.75) is 46.0 Å². The van der Waals surface area contributed by atoms with E-state index >= 15 is 0 Å². The number of hydrogen-bond donors (Lipinski definition) is 2. The van der Waals surface area contributed by atoms with E-state index in [-0.39, 0.29) is 24.0 Å². The first-order chi connectivity index (χ1) is 12.8. The first-order valence-corrected chi connectivity index (χ1v) is 10.7. The van der Waals surface area contributed by atoms with Crippen LogP contribution in [0.25, 0.3) is 0 Å². The summed E-state index contributed by atoms with van der Waals surface area (Å²) in [5.41, 5.74) is 0. The van der Waals surface area contributed by atoms with Crippen molar-refractivity contribution in [2.75, 3.05) is 65.7 Å². The molecule has 2 N–H and O–H groups in total. The van der Waals surface area contributed by atoms with Crippen molar-refractivity contribution >= 4 is 29.9 Å². The zero-order chi connectivity index (χ0) is 18.5. The highest BCUT2D eigenvalue weighted by Crippen LogP contribution is 2.19. The monoisotopic (exact) mass is 496 g/mol. The number of aliphatic imine (C=N–C) groups is 1. The maximum Gasteiger partial charge on any atom is 0.191 e. The molecule has 1 atom stereocenters. The molecule has 0 spiro atoms. The van der Waals surface area contributed by atoms with Gasteiger partial charge in [0.05, 0.1) is 13.2 Å². The van der Waals surface area contributed by atoms with Gasteiger partial charge in [-0.25, -0.2) is 0 Å². The number of likely N-dealkylation sites (tertiary alicyclic amines) is 1. The summed E-state index contributed by atoms with van der Waals surface area (Å²) in [5, 5.41) is 6.84. The molecular weight excluding hydrogens is 455 g/mol. The second kappa shape index (κ2) is 15.8. The van der Waals surface area contributed by atoms with E-state index in [0.717, 1.165) is 70.8 Å². The molecule has 2 saturated heterocycles. The lowest BCUT2D eigenvalue weighted by molar-refractivity contribution is 0.0893. The number of hydrogen-bond acceptors (Lipinski definition) is 4. The molecule has 6 nitrogen and oxygen atoms in total. The third kappa shape index (κ3) is 10.9. The van der Waals surface area contributed by atoms with E-state index < -0.39 is 0 Å². The molecule has 0 aliphatic carbocycles. The highest BCUT2D eigenvalue weighted by atomic mass is 127. The van der Waals surface area contributed by atoms with Crippen molar-refractivity contribution < 1.29 is 9.47 Å². The number of ether oxygens (including phenoxy) is 2. The molecule has 0 aromatic heterocycles. The van der Waals surface area contributed by atoms with Gasteiger partial charge in [-0.05, 0) is 64.6 Å². The second-order valence-electron chi connectivity index (χ2n) is 7.51. The number of piperidine rings is 1. The van der Waals surface area contributed by atoms with Gasteiger partial charge >= 0.3 is 0 Å². The topological polar surface area (TPSA) is 58.1 Å². The highest BCUT2D eigenvalue weighted by molar-refractivity contribution is 14.0. The Morgan fingerprint density at radius 3 is 2.63 bits per heavy atom. The molecule has 160 valence electrons. The normalized spacial score (nSPS) is 21.9. The third-order valence-electron chi connectivity index (χ3n) is 5.44. The van der Waals surface area contributed by atoms with Crippen LogP contribution in [0.5, 0.6) is 0 Å². The van der Waals surface area contributed by atoms with E-state index in [4.69, 9.17) is 9.47 Å². The molecule has 2 aliphatic rings. The van der Waals surface area contributed by atoms with Crippen LogP contribution in [0.3, 0.4) is 0 Å². The average molecular weight is 496 g/mol. The Balaban J connectivity index is 0.00000364. The van der Waals surface area contributed by atoms with E-state index in [2.05, 4.69) is 34.4 Å². The van der Waals surface area contributed by atoms with Gasteiger partial charge in [-0.1, -0.05) is 6.92 Å². The smallest absolute Gasteiger partial charge is 0.191 e. The Hall–Kier alpha value is -0.120. The van der Waals surface area contributed by atoms with Crippen LogP contribution in [0.1, 0.15) is 46.0 Å². The number of nitrogens with one attached hydrogen (secondary N) is 2. The van der Waals surface area contributed by atoms with Crippen LogP contribution < -0.4 is 10.6 Å². The number of nitrogens with zero attached hydrogens (tertiary/aromatic N) is 2. The molecule has 2 rings (SSSR count). The summed E-state index contributed by atoms with van der Waals surface area (Å²) < 4.78 is 11.1. The SMILES string of the molecule is CCNC(=NCCCOCC1CCOC1)NCCC1CCN(CC)CC1.I. The van der Waals surface area contributed by atoms with Crippen LogP contribution in [0, 0.1) is 11.8 Å². The minimum atomic E-state index is 0. The van der Waals surface area contributed by atoms with Crippen molar-refractivity contribution in [3.05, 3.63) is 0 Å². The van der Waals surface area contributed by atoms with Crippen molar-refractivity contribution in [3.8, 4) is 0 Å². The predicted molar refractivity (Wildman–Crippen MR) is 123 cm³/mol. The van der Waals surface area contributed by atoms with Crippen LogP contribution in [-0.4, -0.2) is 76.6 Å². The molecule has 0 aromatic carbocycles. The molecule has 0 radical (unpaired) electrons. The molecule has 7 heteroatoms. The van der Waals surface area contributed by atoms with Gasteiger partial charge in [0, 0.05) is 38.8 Å². The van der Waals surface area contributed by atoms with Gasteiger partial charge in [-0.3, -0.25) is 4.99 Å². The Bertz CT molecular complexity index is 384. The summed E-state index contributed by atoms with van der Waals surface area (Å²) in [6.45, 7) is 14.2. The van der Waals surface area contributed by atoms with Crippen LogP contribution in [0.4, 0.5) is 0 Å². The summed E-state index contributed by atoms with van der Waals surface area (Å²) in [7, 11) is 0. The van der Waals surface area contributed by atoms with E-state index in [9.17, 15) is 0 Å². The van der Waals surface area contributed by atoms with Gasteiger partial charge in [0.25, 0.3) is 0 Å². The quantitative estimate of drug-likeness (QED) is 0.200. The first-order valence-electron chi connectivity index (χ1n) is 10.7. The van der Waals surface area contributed by atoms with Crippen molar-refractivity contribution in [1.82, 2.24) is 15.5 Å². The van der Waals surface area contributed by atoms with Crippen molar-refractivity contribution in [3.63, 3.8) is 0 Å². The molecule has 0 aromatic rings. The zero-order valence-corrected chi connectivity index (χ0v) is 19.7. The first kappa shape index (κ1) is 24.9. The molecule has 2 aliphatic heterocycles. The lowest BCUT2D eigenvalue weighted by Crippen LogP contribution is -2.39. The zero-order valence-electron chi connectivity index (χ0n) is 17.4. The Morgan fingerprint density at radius 2 is 1.96 bits per heavy atom. The molecule has 2 fully saturated rings. The summed E-state index contributed by atoms with van der Waals surface area (Å²) in [4.78, 5) is 7.23. The summed E-state index contributed by atoms with van der Waals surface area (Å²) in [5.74, 6) is 2.41. The van der Waals surface area contributed by atoms with Gasteiger partial charge in [-0.15, -0.1) is 24.0 Å². The Labute approximate surface area is 183 Å². The number of guanidine groups is 1. The fourth-order valence-corrected chi connectivity index (χ4v) is 3.65. The molecular formula is C20H41IN4O2. The van der Waals surface area contributed by atoms with Crippen LogP contribution in [-0.2, 0) is 9.47 Å². The summed E-state index contributed by atoms with van der Waals surface area (Å²) in [6, 6.07) is 0. The molecule has 27 heavy (non-hydrogen) atoms. The van der Waals surface area contributed by atoms with Crippen molar-refractivity contribution in [2.24, 2.45) is 16.8 Å². The maximum atomic E-state index is 5.74. The van der Waals surface area contributed by atoms with E-state index in [0.29, 0.717) is 5.92 Å². The number of halogens is 1. The van der Waals surface area contributed by atoms with E-state index in [1.165, 1.54) is 38.9 Å².